The Morgan fingerprint density at radius 3 is 2.75 bits per heavy atom. The van der Waals surface area contributed by atoms with Crippen molar-refractivity contribution in [3.8, 4) is 0 Å². The molecule has 2 fully saturated rings. The summed E-state index contributed by atoms with van der Waals surface area (Å²) in [6.45, 7) is 6.49. The summed E-state index contributed by atoms with van der Waals surface area (Å²) >= 11 is 0.217. The van der Waals surface area contributed by atoms with Gasteiger partial charge in [-0.2, -0.15) is 0 Å². The van der Waals surface area contributed by atoms with Gasteiger partial charge in [0.2, 0.25) is 0 Å². The monoisotopic (exact) mass is 340 g/mol. The molecule has 2 rings (SSSR count). The Kier molecular flexibility index (Phi) is 5.78. The zero-order valence-corrected chi connectivity index (χ0v) is 12.0. The van der Waals surface area contributed by atoms with Crippen molar-refractivity contribution in [1.29, 1.82) is 0 Å². The van der Waals surface area contributed by atoms with Gasteiger partial charge in [-0.25, -0.2) is 0 Å². The van der Waals surface area contributed by atoms with Crippen LogP contribution in [0.3, 0.4) is 0 Å². The standard InChI is InChI=1S/C11H23IN3O/c13-11-8-10(9-11)12-14-2-1-3-15-4-6-16-7-5-15/h10-11,14H,1-9,13H2/q-1. The number of rotatable bonds is 6. The first-order valence-electron chi connectivity index (χ1n) is 6.25. The Balaban J connectivity index is 1.40. The van der Waals surface area contributed by atoms with Crippen molar-refractivity contribution in [2.45, 2.75) is 29.2 Å². The van der Waals surface area contributed by atoms with E-state index < -0.39 is 0 Å². The third-order valence-corrected chi connectivity index (χ3v) is 6.08. The molecule has 0 bridgehead atoms. The summed E-state index contributed by atoms with van der Waals surface area (Å²) in [6, 6.07) is 0.514. The normalized spacial score (nSPS) is 31.6. The number of nitrogens with two attached hydrogens (primary N) is 1. The predicted molar refractivity (Wildman–Crippen MR) is 60.9 cm³/mol. The summed E-state index contributed by atoms with van der Waals surface area (Å²) in [5, 5.41) is 0. The molecule has 2 aliphatic rings. The SMILES string of the molecule is NC1CC([I-]NCCCN2CCOCC2)C1. The summed E-state index contributed by atoms with van der Waals surface area (Å²) in [4.78, 5) is 2.50. The van der Waals surface area contributed by atoms with E-state index in [0.29, 0.717) is 6.04 Å². The van der Waals surface area contributed by atoms with E-state index in [1.165, 1.54) is 32.4 Å². The average Bonchev–Trinajstić information content (AvgIpc) is 2.27. The van der Waals surface area contributed by atoms with Gasteiger partial charge in [-0.3, -0.25) is 0 Å². The molecule has 0 amide bonds. The first kappa shape index (κ1) is 13.0. The maximum atomic E-state index is 5.77. The maximum absolute atomic E-state index is 5.77. The van der Waals surface area contributed by atoms with Crippen LogP contribution in [-0.2, 0) is 4.74 Å². The number of halogens is 1. The van der Waals surface area contributed by atoms with Gasteiger partial charge in [0.05, 0.1) is 0 Å². The molecule has 0 aromatic heterocycles. The number of hydrogen-bond donors (Lipinski definition) is 2. The molecule has 4 nitrogen and oxygen atoms in total. The Morgan fingerprint density at radius 1 is 1.31 bits per heavy atom. The van der Waals surface area contributed by atoms with E-state index in [4.69, 9.17) is 10.5 Å². The molecule has 3 N–H and O–H groups in total. The fraction of sp³-hybridized carbons (Fsp3) is 1.00. The van der Waals surface area contributed by atoms with Crippen LogP contribution in [-0.4, -0.2) is 54.3 Å². The van der Waals surface area contributed by atoms with Gasteiger partial charge in [0, 0.05) is 0 Å². The van der Waals surface area contributed by atoms with E-state index >= 15 is 0 Å². The van der Waals surface area contributed by atoms with Crippen LogP contribution < -0.4 is 30.7 Å². The predicted octanol–water partition coefficient (Wildman–Crippen LogP) is -3.21. The molecule has 1 aliphatic heterocycles. The molecule has 96 valence electrons. The second kappa shape index (κ2) is 7.10. The minimum absolute atomic E-state index is 0.217. The van der Waals surface area contributed by atoms with Crippen molar-refractivity contribution < 1.29 is 26.2 Å². The van der Waals surface area contributed by atoms with E-state index in [0.717, 1.165) is 30.2 Å². The summed E-state index contributed by atoms with van der Waals surface area (Å²) in [7, 11) is 0. The van der Waals surface area contributed by atoms with Crippen LogP contribution in [0.1, 0.15) is 19.3 Å². The molecule has 1 saturated carbocycles. The number of hydrogen-bond acceptors (Lipinski definition) is 4. The van der Waals surface area contributed by atoms with Gasteiger partial charge in [0.1, 0.15) is 0 Å². The van der Waals surface area contributed by atoms with Gasteiger partial charge in [-0.05, 0) is 0 Å². The zero-order chi connectivity index (χ0) is 11.2. The quantitative estimate of drug-likeness (QED) is 0.231. The Labute approximate surface area is 109 Å². The summed E-state index contributed by atoms with van der Waals surface area (Å²) in [5.74, 6) is 0. The van der Waals surface area contributed by atoms with Crippen LogP contribution in [0.2, 0.25) is 0 Å². The fourth-order valence-electron chi connectivity index (χ4n) is 2.03. The summed E-state index contributed by atoms with van der Waals surface area (Å²) < 4.78 is 9.93. The van der Waals surface area contributed by atoms with Crippen molar-refractivity contribution in [2.75, 3.05) is 39.4 Å². The Hall–Kier alpha value is 0.570. The van der Waals surface area contributed by atoms with E-state index in [-0.39, 0.29) is 21.5 Å². The van der Waals surface area contributed by atoms with Gasteiger partial charge >= 0.3 is 109 Å². The molecule has 0 atom stereocenters. The molecular formula is C11H23IN3O-. The van der Waals surface area contributed by atoms with Crippen molar-refractivity contribution in [1.82, 2.24) is 8.43 Å². The van der Waals surface area contributed by atoms with E-state index in [9.17, 15) is 0 Å². The zero-order valence-electron chi connectivity index (χ0n) is 9.83. The number of ether oxygens (including phenoxy) is 1. The molecule has 5 heteroatoms. The van der Waals surface area contributed by atoms with Gasteiger partial charge in [0.15, 0.2) is 0 Å². The van der Waals surface area contributed by atoms with Crippen LogP contribution in [0.4, 0.5) is 0 Å². The van der Waals surface area contributed by atoms with E-state index in [1.54, 1.807) is 0 Å². The summed E-state index contributed by atoms with van der Waals surface area (Å²) in [5.41, 5.74) is 5.77. The van der Waals surface area contributed by atoms with Gasteiger partial charge in [0.25, 0.3) is 0 Å². The van der Waals surface area contributed by atoms with Gasteiger partial charge < -0.3 is 0 Å². The molecule has 16 heavy (non-hydrogen) atoms. The van der Waals surface area contributed by atoms with Crippen LogP contribution in [0.15, 0.2) is 0 Å². The van der Waals surface area contributed by atoms with Crippen LogP contribution in [0.5, 0.6) is 0 Å². The molecule has 0 aromatic rings. The van der Waals surface area contributed by atoms with Crippen LogP contribution in [0, 0.1) is 0 Å². The number of alkyl halides is 1. The van der Waals surface area contributed by atoms with Crippen molar-refractivity contribution >= 4 is 0 Å². The first-order valence-corrected chi connectivity index (χ1v) is 8.58. The number of morpholine rings is 1. The molecule has 0 radical (unpaired) electrons. The fourth-order valence-corrected chi connectivity index (χ4v) is 5.17. The van der Waals surface area contributed by atoms with Crippen LogP contribution >= 0.6 is 0 Å². The molecule has 1 heterocycles. The Bertz CT molecular complexity index is 194. The van der Waals surface area contributed by atoms with E-state index in [2.05, 4.69) is 8.43 Å². The second-order valence-corrected chi connectivity index (χ2v) is 7.78. The number of nitrogens with one attached hydrogen (secondary N) is 1. The van der Waals surface area contributed by atoms with Crippen molar-refractivity contribution in [3.63, 3.8) is 0 Å². The third kappa shape index (κ3) is 4.44. The first-order chi connectivity index (χ1) is 7.84. The van der Waals surface area contributed by atoms with E-state index in [1.807, 2.05) is 0 Å². The molecule has 0 aromatic carbocycles. The summed E-state index contributed by atoms with van der Waals surface area (Å²) in [6.07, 6.45) is 3.81. The molecular weight excluding hydrogens is 317 g/mol. The number of nitrogens with zero attached hydrogens (tertiary/aromatic N) is 1. The van der Waals surface area contributed by atoms with Gasteiger partial charge in [-0.15, -0.1) is 0 Å². The molecule has 0 spiro atoms. The van der Waals surface area contributed by atoms with Gasteiger partial charge in [-0.1, -0.05) is 0 Å². The molecule has 1 aliphatic carbocycles. The van der Waals surface area contributed by atoms with Crippen molar-refractivity contribution in [2.24, 2.45) is 5.73 Å². The molecule has 0 unspecified atom stereocenters. The Morgan fingerprint density at radius 2 is 2.06 bits per heavy atom. The third-order valence-electron chi connectivity index (χ3n) is 3.20. The molecule has 1 saturated heterocycles. The minimum atomic E-state index is 0.217. The average molecular weight is 340 g/mol. The topological polar surface area (TPSA) is 50.5 Å². The van der Waals surface area contributed by atoms with Crippen LogP contribution in [0.25, 0.3) is 0 Å². The second-order valence-electron chi connectivity index (χ2n) is 4.63. The van der Waals surface area contributed by atoms with Crippen molar-refractivity contribution in [3.05, 3.63) is 0 Å².